The third kappa shape index (κ3) is 5.90. The van der Waals surface area contributed by atoms with Crippen LogP contribution in [0.1, 0.15) is 35.3 Å². The number of hydrogen-bond donors (Lipinski definition) is 2. The number of aryl methyl sites for hydroxylation is 1. The smallest absolute Gasteiger partial charge is 0.251 e. The highest BCUT2D eigenvalue weighted by atomic mass is 32.2. The van der Waals surface area contributed by atoms with Gasteiger partial charge in [0.2, 0.25) is 10.0 Å². The maximum atomic E-state index is 12.5. The summed E-state index contributed by atoms with van der Waals surface area (Å²) in [6.45, 7) is 5.72. The lowest BCUT2D eigenvalue weighted by Crippen LogP contribution is -2.45. The lowest BCUT2D eigenvalue weighted by Gasteiger charge is -2.26. The van der Waals surface area contributed by atoms with Crippen LogP contribution in [0.3, 0.4) is 0 Å². The van der Waals surface area contributed by atoms with E-state index in [0.717, 1.165) is 11.8 Å². The molecule has 0 aliphatic rings. The van der Waals surface area contributed by atoms with Crippen LogP contribution < -0.4 is 10.0 Å². The summed E-state index contributed by atoms with van der Waals surface area (Å²) >= 11 is 0. The van der Waals surface area contributed by atoms with Crippen LogP contribution in [0.2, 0.25) is 0 Å². The Morgan fingerprint density at radius 1 is 1.08 bits per heavy atom. The molecule has 2 aromatic carbocycles. The van der Waals surface area contributed by atoms with Gasteiger partial charge in [0.25, 0.3) is 5.91 Å². The van der Waals surface area contributed by atoms with Gasteiger partial charge in [-0.15, -0.1) is 0 Å². The Morgan fingerprint density at radius 2 is 1.72 bits per heavy atom. The molecule has 0 bridgehead atoms. The van der Waals surface area contributed by atoms with Crippen molar-refractivity contribution in [1.29, 1.82) is 0 Å². The molecular formula is C19H24N2O3S. The second kappa shape index (κ2) is 7.27. The third-order valence-electron chi connectivity index (χ3n) is 3.72. The van der Waals surface area contributed by atoms with Crippen LogP contribution in [0.15, 0.2) is 48.5 Å². The second-order valence-electron chi connectivity index (χ2n) is 6.90. The van der Waals surface area contributed by atoms with Gasteiger partial charge < -0.3 is 5.32 Å². The number of carbonyl (C=O) groups excluding carboxylic acids is 1. The lowest BCUT2D eigenvalue weighted by atomic mass is 9.94. The molecule has 2 rings (SSSR count). The molecule has 0 aliphatic heterocycles. The minimum absolute atomic E-state index is 0.185. The van der Waals surface area contributed by atoms with E-state index in [2.05, 4.69) is 10.0 Å². The molecule has 2 aromatic rings. The van der Waals surface area contributed by atoms with Gasteiger partial charge in [-0.1, -0.05) is 30.3 Å². The van der Waals surface area contributed by atoms with Crippen molar-refractivity contribution in [1.82, 2.24) is 5.32 Å². The van der Waals surface area contributed by atoms with Crippen LogP contribution in [-0.4, -0.2) is 26.1 Å². The Balaban J connectivity index is 2.11. The number of carbonyl (C=O) groups is 1. The van der Waals surface area contributed by atoms with E-state index in [4.69, 9.17) is 0 Å². The molecule has 0 aliphatic carbocycles. The number of amides is 1. The van der Waals surface area contributed by atoms with Crippen molar-refractivity contribution in [3.63, 3.8) is 0 Å². The van der Waals surface area contributed by atoms with Gasteiger partial charge in [0, 0.05) is 11.1 Å². The molecule has 134 valence electrons. The Kier molecular flexibility index (Phi) is 5.52. The van der Waals surface area contributed by atoms with Crippen molar-refractivity contribution in [2.75, 3.05) is 11.0 Å². The van der Waals surface area contributed by atoms with Gasteiger partial charge >= 0.3 is 0 Å². The van der Waals surface area contributed by atoms with Crippen molar-refractivity contribution in [3.05, 3.63) is 65.2 Å². The highest BCUT2D eigenvalue weighted by molar-refractivity contribution is 7.92. The number of sulfonamides is 1. The topological polar surface area (TPSA) is 75.3 Å². The number of hydrogen-bond acceptors (Lipinski definition) is 3. The molecule has 0 aromatic heterocycles. The zero-order valence-electron chi connectivity index (χ0n) is 15.0. The summed E-state index contributed by atoms with van der Waals surface area (Å²) in [6.07, 6.45) is 1.81. The van der Waals surface area contributed by atoms with Crippen molar-refractivity contribution >= 4 is 21.6 Å². The summed E-state index contributed by atoms with van der Waals surface area (Å²) in [7, 11) is -3.35. The molecule has 1 amide bonds. The average molecular weight is 360 g/mol. The van der Waals surface area contributed by atoms with E-state index in [0.29, 0.717) is 23.2 Å². The van der Waals surface area contributed by atoms with Gasteiger partial charge in [0.15, 0.2) is 0 Å². The first-order valence-corrected chi connectivity index (χ1v) is 9.90. The third-order valence-corrected chi connectivity index (χ3v) is 4.32. The van der Waals surface area contributed by atoms with Crippen LogP contribution in [0.5, 0.6) is 0 Å². The van der Waals surface area contributed by atoms with E-state index >= 15 is 0 Å². The summed E-state index contributed by atoms with van der Waals surface area (Å²) in [5.41, 5.74) is 2.41. The molecule has 0 unspecified atom stereocenters. The number of nitrogens with one attached hydrogen (secondary N) is 2. The molecule has 2 N–H and O–H groups in total. The molecule has 0 radical (unpaired) electrons. The summed E-state index contributed by atoms with van der Waals surface area (Å²) in [6, 6.07) is 14.9. The second-order valence-corrected chi connectivity index (χ2v) is 8.65. The van der Waals surface area contributed by atoms with Crippen LogP contribution >= 0.6 is 0 Å². The molecule has 0 saturated carbocycles. The van der Waals surface area contributed by atoms with E-state index in [1.807, 2.05) is 44.2 Å². The van der Waals surface area contributed by atoms with E-state index in [1.54, 1.807) is 25.1 Å². The number of rotatable bonds is 6. The van der Waals surface area contributed by atoms with Gasteiger partial charge in [-0.05, 0) is 56.5 Å². The van der Waals surface area contributed by atoms with E-state index < -0.39 is 15.6 Å². The predicted octanol–water partition coefficient (Wildman–Crippen LogP) is 3.12. The first-order chi connectivity index (χ1) is 11.6. The van der Waals surface area contributed by atoms with Crippen molar-refractivity contribution in [2.24, 2.45) is 0 Å². The quantitative estimate of drug-likeness (QED) is 0.831. The maximum Gasteiger partial charge on any atom is 0.251 e. The van der Waals surface area contributed by atoms with Crippen LogP contribution in [-0.2, 0) is 16.4 Å². The SMILES string of the molecule is Cc1cc(C(=O)NC(C)(C)Cc2ccccc2)ccc1NS(C)(=O)=O. The molecular weight excluding hydrogens is 336 g/mol. The minimum atomic E-state index is -3.35. The normalized spacial score (nSPS) is 11.8. The molecule has 0 saturated heterocycles. The van der Waals surface area contributed by atoms with Crippen LogP contribution in [0, 0.1) is 6.92 Å². The molecule has 25 heavy (non-hydrogen) atoms. The molecule has 6 heteroatoms. The molecule has 0 atom stereocenters. The zero-order valence-corrected chi connectivity index (χ0v) is 15.8. The van der Waals surface area contributed by atoms with E-state index in [1.165, 1.54) is 0 Å². The Hall–Kier alpha value is -2.34. The molecule has 0 fully saturated rings. The monoisotopic (exact) mass is 360 g/mol. The van der Waals surface area contributed by atoms with Gasteiger partial charge in [-0.2, -0.15) is 0 Å². The van der Waals surface area contributed by atoms with Crippen LogP contribution in [0.25, 0.3) is 0 Å². The Bertz CT molecular complexity index is 859. The number of benzene rings is 2. The van der Waals surface area contributed by atoms with Gasteiger partial charge in [0.05, 0.1) is 11.9 Å². The molecule has 0 spiro atoms. The van der Waals surface area contributed by atoms with Gasteiger partial charge in [-0.3, -0.25) is 9.52 Å². The molecule has 5 nitrogen and oxygen atoms in total. The largest absolute Gasteiger partial charge is 0.347 e. The summed E-state index contributed by atoms with van der Waals surface area (Å²) in [4.78, 5) is 12.5. The first-order valence-electron chi connectivity index (χ1n) is 8.01. The fourth-order valence-electron chi connectivity index (χ4n) is 2.65. The van der Waals surface area contributed by atoms with Crippen molar-refractivity contribution in [3.8, 4) is 0 Å². The number of anilines is 1. The van der Waals surface area contributed by atoms with E-state index in [9.17, 15) is 13.2 Å². The van der Waals surface area contributed by atoms with Crippen LogP contribution in [0.4, 0.5) is 5.69 Å². The van der Waals surface area contributed by atoms with Gasteiger partial charge in [0.1, 0.15) is 0 Å². The highest BCUT2D eigenvalue weighted by Crippen LogP contribution is 2.19. The first kappa shape index (κ1) is 19.0. The summed E-state index contributed by atoms with van der Waals surface area (Å²) in [5, 5.41) is 3.04. The average Bonchev–Trinajstić information content (AvgIpc) is 2.48. The van der Waals surface area contributed by atoms with Gasteiger partial charge in [-0.25, -0.2) is 8.42 Å². The highest BCUT2D eigenvalue weighted by Gasteiger charge is 2.22. The summed E-state index contributed by atoms with van der Waals surface area (Å²) in [5.74, 6) is -0.185. The fourth-order valence-corrected chi connectivity index (χ4v) is 3.28. The maximum absolute atomic E-state index is 12.5. The Labute approximate surface area is 149 Å². The predicted molar refractivity (Wildman–Crippen MR) is 101 cm³/mol. The summed E-state index contributed by atoms with van der Waals surface area (Å²) < 4.78 is 25.1. The Morgan fingerprint density at radius 3 is 2.28 bits per heavy atom. The molecule has 0 heterocycles. The lowest BCUT2D eigenvalue weighted by molar-refractivity contribution is 0.0913. The van der Waals surface area contributed by atoms with Crippen molar-refractivity contribution in [2.45, 2.75) is 32.7 Å². The minimum Gasteiger partial charge on any atom is -0.347 e. The standard InChI is InChI=1S/C19H24N2O3S/c1-14-12-16(10-11-17(14)21-25(4,23)24)18(22)20-19(2,3)13-15-8-6-5-7-9-15/h5-12,21H,13H2,1-4H3,(H,20,22). The van der Waals surface area contributed by atoms with E-state index in [-0.39, 0.29) is 5.91 Å². The van der Waals surface area contributed by atoms with Crippen molar-refractivity contribution < 1.29 is 13.2 Å². The zero-order chi connectivity index (χ0) is 18.7. The fraction of sp³-hybridized carbons (Fsp3) is 0.316.